The zero-order chi connectivity index (χ0) is 4.99. The topological polar surface area (TPSA) is 23.1 Å². The molecule has 0 heterocycles. The normalized spacial score (nSPS) is 6.14. The summed E-state index contributed by atoms with van der Waals surface area (Å²) in [5, 5.41) is 9.38. The minimum atomic E-state index is 0. The van der Waals surface area contributed by atoms with Crippen LogP contribution in [0.3, 0.4) is 0 Å². The van der Waals surface area contributed by atoms with Crippen LogP contribution in [0.1, 0.15) is 13.8 Å². The van der Waals surface area contributed by atoms with Crippen LogP contribution in [0.5, 0.6) is 0 Å². The Morgan fingerprint density at radius 3 is 1.86 bits per heavy atom. The first-order valence-corrected chi connectivity index (χ1v) is 1.90. The largest absolute Gasteiger partial charge is 1.00 e. The van der Waals surface area contributed by atoms with E-state index in [0.29, 0.717) is 0 Å². The molecule has 34 valence electrons. The second-order valence-corrected chi connectivity index (χ2v) is 1.40. The molecule has 0 radical (unpaired) electrons. The Morgan fingerprint density at radius 1 is 1.43 bits per heavy atom. The fourth-order valence-corrected chi connectivity index (χ4v) is 0.118. The molecule has 2 heteroatoms. The molecule has 0 saturated heterocycles. The summed E-state index contributed by atoms with van der Waals surface area (Å²) < 4.78 is 0. The standard InChI is InChI=1S/C5H8O.Li/c1-5(2)3-4-6;/h5-6H,1-2H3;/q;+1/p-1. The van der Waals surface area contributed by atoms with Crippen molar-refractivity contribution in [3.8, 4) is 12.0 Å². The average molecular weight is 90.1 g/mol. The van der Waals surface area contributed by atoms with Gasteiger partial charge in [0.05, 0.1) is 0 Å². The van der Waals surface area contributed by atoms with Gasteiger partial charge < -0.3 is 5.11 Å². The molecule has 1 nitrogen and oxygen atoms in total. The summed E-state index contributed by atoms with van der Waals surface area (Å²) in [6, 6.07) is 0. The molecule has 7 heavy (non-hydrogen) atoms. The predicted octanol–water partition coefficient (Wildman–Crippen LogP) is -3.03. The number of hydrogen-bond acceptors (Lipinski definition) is 1. The molecule has 0 aromatic rings. The van der Waals surface area contributed by atoms with Crippen LogP contribution in [0.25, 0.3) is 0 Å². The van der Waals surface area contributed by atoms with Gasteiger partial charge >= 0.3 is 18.9 Å². The summed E-state index contributed by atoms with van der Waals surface area (Å²) in [5.41, 5.74) is 0. The number of hydrogen-bond donors (Lipinski definition) is 0. The van der Waals surface area contributed by atoms with E-state index in [1.54, 1.807) is 6.11 Å². The fourth-order valence-electron chi connectivity index (χ4n) is 0.118. The SMILES string of the molecule is CC(C)C#C[O-].[Li+]. The molecule has 0 spiro atoms. The maximum absolute atomic E-state index is 9.38. The second-order valence-electron chi connectivity index (χ2n) is 1.40. The monoisotopic (exact) mass is 90.1 g/mol. The van der Waals surface area contributed by atoms with Gasteiger partial charge in [0.1, 0.15) is 0 Å². The van der Waals surface area contributed by atoms with E-state index in [4.69, 9.17) is 0 Å². The van der Waals surface area contributed by atoms with Crippen LogP contribution in [0.4, 0.5) is 0 Å². The summed E-state index contributed by atoms with van der Waals surface area (Å²) >= 11 is 0. The molecule has 0 fully saturated rings. The molecule has 0 aliphatic heterocycles. The minimum Gasteiger partial charge on any atom is -0.833 e. The van der Waals surface area contributed by atoms with E-state index in [2.05, 4.69) is 5.92 Å². The molecule has 0 aliphatic carbocycles. The summed E-state index contributed by atoms with van der Waals surface area (Å²) in [6.07, 6.45) is 1.57. The second kappa shape index (κ2) is 5.96. The van der Waals surface area contributed by atoms with Gasteiger partial charge in [-0.15, -0.1) is 5.92 Å². The van der Waals surface area contributed by atoms with E-state index in [-0.39, 0.29) is 24.8 Å². The van der Waals surface area contributed by atoms with Gasteiger partial charge in [-0.3, -0.25) is 0 Å². The summed E-state index contributed by atoms with van der Waals surface area (Å²) in [4.78, 5) is 0. The van der Waals surface area contributed by atoms with E-state index in [0.717, 1.165) is 0 Å². The quantitative estimate of drug-likeness (QED) is 0.229. The van der Waals surface area contributed by atoms with E-state index in [9.17, 15) is 5.11 Å². The van der Waals surface area contributed by atoms with Crippen molar-refractivity contribution in [1.29, 1.82) is 0 Å². The molecule has 0 unspecified atom stereocenters. The fraction of sp³-hybridized carbons (Fsp3) is 0.600. The molecule has 0 amide bonds. The van der Waals surface area contributed by atoms with Crippen molar-refractivity contribution in [2.24, 2.45) is 5.92 Å². The first kappa shape index (κ1) is 10.0. The Balaban J connectivity index is 0. The Morgan fingerprint density at radius 2 is 1.86 bits per heavy atom. The molecule has 0 atom stereocenters. The Hall–Kier alpha value is -0.0426. The zero-order valence-electron chi connectivity index (χ0n) is 4.99. The van der Waals surface area contributed by atoms with Gasteiger partial charge in [0.15, 0.2) is 0 Å². The predicted molar refractivity (Wildman–Crippen MR) is 22.6 cm³/mol. The summed E-state index contributed by atoms with van der Waals surface area (Å²) in [6.45, 7) is 3.76. The van der Waals surface area contributed by atoms with Gasteiger partial charge in [-0.25, -0.2) is 0 Å². The van der Waals surface area contributed by atoms with Gasteiger partial charge in [-0.05, 0) is 0 Å². The van der Waals surface area contributed by atoms with Gasteiger partial charge in [0, 0.05) is 5.92 Å². The number of rotatable bonds is 0. The summed E-state index contributed by atoms with van der Waals surface area (Å²) in [5.74, 6) is 2.63. The van der Waals surface area contributed by atoms with E-state index in [1.165, 1.54) is 0 Å². The molecule has 0 bridgehead atoms. The van der Waals surface area contributed by atoms with Crippen molar-refractivity contribution in [3.63, 3.8) is 0 Å². The maximum Gasteiger partial charge on any atom is 1.00 e. The molecular formula is C5H7LiO. The van der Waals surface area contributed by atoms with Crippen molar-refractivity contribution in [3.05, 3.63) is 0 Å². The van der Waals surface area contributed by atoms with Crippen LogP contribution in [0, 0.1) is 17.9 Å². The third-order valence-electron chi connectivity index (χ3n) is 0.348. The minimum absolute atomic E-state index is 0. The average Bonchev–Trinajstić information content (AvgIpc) is 1.35. The third kappa shape index (κ3) is 10.7. The Bertz CT molecular complexity index is 77.8. The van der Waals surface area contributed by atoms with Crippen molar-refractivity contribution in [1.82, 2.24) is 0 Å². The summed E-state index contributed by atoms with van der Waals surface area (Å²) in [7, 11) is 0. The van der Waals surface area contributed by atoms with Crippen LogP contribution < -0.4 is 24.0 Å². The van der Waals surface area contributed by atoms with Gasteiger partial charge in [0.25, 0.3) is 0 Å². The van der Waals surface area contributed by atoms with Gasteiger partial charge in [-0.1, -0.05) is 13.8 Å². The maximum atomic E-state index is 9.38. The van der Waals surface area contributed by atoms with Crippen LogP contribution >= 0.6 is 0 Å². The van der Waals surface area contributed by atoms with Crippen LogP contribution in [-0.2, 0) is 0 Å². The Labute approximate surface area is 56.3 Å². The van der Waals surface area contributed by atoms with Crippen molar-refractivity contribution >= 4 is 0 Å². The van der Waals surface area contributed by atoms with Gasteiger partial charge in [0.2, 0.25) is 0 Å². The molecule has 0 saturated carbocycles. The van der Waals surface area contributed by atoms with Crippen LogP contribution in [-0.4, -0.2) is 0 Å². The van der Waals surface area contributed by atoms with E-state index in [1.807, 2.05) is 13.8 Å². The molecular weight excluding hydrogens is 83.0 g/mol. The third-order valence-corrected chi connectivity index (χ3v) is 0.348. The van der Waals surface area contributed by atoms with Crippen molar-refractivity contribution in [2.45, 2.75) is 13.8 Å². The Kier molecular flexibility index (Phi) is 8.55. The molecule has 0 aromatic carbocycles. The first-order chi connectivity index (χ1) is 2.77. The van der Waals surface area contributed by atoms with Crippen LogP contribution in [0.2, 0.25) is 0 Å². The van der Waals surface area contributed by atoms with Crippen molar-refractivity contribution < 1.29 is 24.0 Å². The van der Waals surface area contributed by atoms with Crippen molar-refractivity contribution in [2.75, 3.05) is 0 Å². The molecule has 0 aliphatic rings. The van der Waals surface area contributed by atoms with Crippen LogP contribution in [0.15, 0.2) is 0 Å². The molecule has 0 aromatic heterocycles. The molecule has 0 N–H and O–H groups in total. The van der Waals surface area contributed by atoms with E-state index < -0.39 is 0 Å². The zero-order valence-corrected chi connectivity index (χ0v) is 4.99. The van der Waals surface area contributed by atoms with Gasteiger partial charge in [-0.2, -0.15) is 6.11 Å². The molecule has 0 rings (SSSR count). The van der Waals surface area contributed by atoms with E-state index >= 15 is 0 Å². The smallest absolute Gasteiger partial charge is 0.833 e. The first-order valence-electron chi connectivity index (χ1n) is 1.90.